The molecule has 96 valence electrons. The van der Waals surface area contributed by atoms with Crippen LogP contribution in [0.15, 0.2) is 18.2 Å². The number of benzene rings is 1. The maximum Gasteiger partial charge on any atom is 0.252 e. The van der Waals surface area contributed by atoms with Gasteiger partial charge in [0.05, 0.1) is 0 Å². The molecule has 1 aliphatic rings. The van der Waals surface area contributed by atoms with E-state index in [0.29, 0.717) is 19.0 Å². The molecule has 2 N–H and O–H groups in total. The second-order valence-electron chi connectivity index (χ2n) is 4.12. The summed E-state index contributed by atoms with van der Waals surface area (Å²) in [5, 5.41) is 5.06. The van der Waals surface area contributed by atoms with Crippen LogP contribution in [0.3, 0.4) is 0 Å². The lowest BCUT2D eigenvalue weighted by atomic mass is 10.1. The van der Waals surface area contributed by atoms with E-state index in [1.165, 1.54) is 0 Å². The van der Waals surface area contributed by atoms with Crippen LogP contribution in [-0.4, -0.2) is 24.4 Å². The average Bonchev–Trinajstić information content (AvgIpc) is 2.31. The topological polar surface area (TPSA) is 58.2 Å². The second-order valence-corrected chi connectivity index (χ2v) is 4.12. The summed E-state index contributed by atoms with van der Waals surface area (Å²) < 4.78 is 25.9. The van der Waals surface area contributed by atoms with Gasteiger partial charge in [0, 0.05) is 18.2 Å². The van der Waals surface area contributed by atoms with Crippen molar-refractivity contribution in [3.8, 4) is 0 Å². The highest BCUT2D eigenvalue weighted by Gasteiger charge is 2.24. The molecule has 1 fully saturated rings. The van der Waals surface area contributed by atoms with Gasteiger partial charge in [-0.1, -0.05) is 0 Å². The molecule has 0 aromatic heterocycles. The number of hydrogen-bond donors (Lipinski definition) is 2. The Morgan fingerprint density at radius 1 is 1.28 bits per heavy atom. The number of carbonyl (C=O) groups excluding carboxylic acids is 2. The van der Waals surface area contributed by atoms with Crippen molar-refractivity contribution in [1.82, 2.24) is 10.6 Å². The van der Waals surface area contributed by atoms with Crippen LogP contribution in [-0.2, 0) is 4.79 Å². The zero-order chi connectivity index (χ0) is 13.1. The molecule has 0 aliphatic carbocycles. The fourth-order valence-electron chi connectivity index (χ4n) is 1.84. The molecular weight excluding hydrogens is 242 g/mol. The van der Waals surface area contributed by atoms with Crippen molar-refractivity contribution >= 4 is 11.8 Å². The van der Waals surface area contributed by atoms with E-state index in [1.807, 2.05) is 0 Å². The van der Waals surface area contributed by atoms with E-state index in [1.54, 1.807) is 0 Å². The third-order valence-electron chi connectivity index (χ3n) is 2.72. The lowest BCUT2D eigenvalue weighted by molar-refractivity contribution is -0.124. The number of rotatable bonds is 2. The van der Waals surface area contributed by atoms with Crippen LogP contribution in [0.5, 0.6) is 0 Å². The molecule has 2 rings (SSSR count). The minimum absolute atomic E-state index is 0.133. The van der Waals surface area contributed by atoms with Crippen molar-refractivity contribution in [1.29, 1.82) is 0 Å². The zero-order valence-corrected chi connectivity index (χ0v) is 9.50. The Morgan fingerprint density at radius 3 is 2.56 bits per heavy atom. The standard InChI is InChI=1S/C12H12F2N2O2/c13-8-4-7(5-9(14)6-8)11(17)16-10-2-1-3-15-12(10)18/h4-6,10H,1-3H2,(H,15,18)(H,16,17)/t10-/m1/s1. The molecule has 1 aromatic rings. The quantitative estimate of drug-likeness (QED) is 0.826. The molecule has 18 heavy (non-hydrogen) atoms. The summed E-state index contributed by atoms with van der Waals surface area (Å²) in [6, 6.07) is 1.90. The predicted molar refractivity (Wildman–Crippen MR) is 59.9 cm³/mol. The first-order valence-electron chi connectivity index (χ1n) is 5.61. The predicted octanol–water partition coefficient (Wildman–Crippen LogP) is 0.973. The first kappa shape index (κ1) is 12.5. The maximum atomic E-state index is 12.9. The van der Waals surface area contributed by atoms with Crippen molar-refractivity contribution in [2.24, 2.45) is 0 Å². The second kappa shape index (κ2) is 5.12. The summed E-state index contributed by atoms with van der Waals surface area (Å²) in [5.41, 5.74) is -0.133. The molecule has 1 saturated heterocycles. The van der Waals surface area contributed by atoms with Crippen molar-refractivity contribution < 1.29 is 18.4 Å². The number of piperidine rings is 1. The van der Waals surface area contributed by atoms with Crippen LogP contribution in [0.1, 0.15) is 23.2 Å². The summed E-state index contributed by atoms with van der Waals surface area (Å²) >= 11 is 0. The number of amides is 2. The first-order valence-corrected chi connectivity index (χ1v) is 5.61. The average molecular weight is 254 g/mol. The molecule has 6 heteroatoms. The Hall–Kier alpha value is -1.98. The van der Waals surface area contributed by atoms with Crippen LogP contribution >= 0.6 is 0 Å². The third kappa shape index (κ3) is 2.82. The molecule has 0 saturated carbocycles. The Balaban J connectivity index is 2.09. The number of hydrogen-bond acceptors (Lipinski definition) is 2. The summed E-state index contributed by atoms with van der Waals surface area (Å²) in [6.45, 7) is 0.583. The van der Waals surface area contributed by atoms with E-state index in [4.69, 9.17) is 0 Å². The number of halogens is 2. The van der Waals surface area contributed by atoms with Crippen molar-refractivity contribution in [2.45, 2.75) is 18.9 Å². The van der Waals surface area contributed by atoms with E-state index in [0.717, 1.165) is 18.6 Å². The van der Waals surface area contributed by atoms with Gasteiger partial charge in [0.25, 0.3) is 5.91 Å². The van der Waals surface area contributed by atoms with Crippen LogP contribution < -0.4 is 10.6 Å². The molecular formula is C12H12F2N2O2. The monoisotopic (exact) mass is 254 g/mol. The molecule has 1 heterocycles. The highest BCUT2D eigenvalue weighted by atomic mass is 19.1. The molecule has 0 spiro atoms. The van der Waals surface area contributed by atoms with Gasteiger partial charge in [-0.3, -0.25) is 9.59 Å². The SMILES string of the molecule is O=C(N[C@@H]1CCCNC1=O)c1cc(F)cc(F)c1. The van der Waals surface area contributed by atoms with Gasteiger partial charge in [-0.05, 0) is 25.0 Å². The van der Waals surface area contributed by atoms with Gasteiger partial charge < -0.3 is 10.6 Å². The van der Waals surface area contributed by atoms with Crippen LogP contribution in [0.2, 0.25) is 0 Å². The normalized spacial score (nSPS) is 19.2. The molecule has 1 aliphatic heterocycles. The lowest BCUT2D eigenvalue weighted by Gasteiger charge is -2.22. The van der Waals surface area contributed by atoms with Gasteiger partial charge in [0.2, 0.25) is 5.91 Å². The van der Waals surface area contributed by atoms with Crippen molar-refractivity contribution in [3.63, 3.8) is 0 Å². The Labute approximate surface area is 102 Å². The zero-order valence-electron chi connectivity index (χ0n) is 9.50. The Morgan fingerprint density at radius 2 is 1.94 bits per heavy atom. The van der Waals surface area contributed by atoms with E-state index >= 15 is 0 Å². The largest absolute Gasteiger partial charge is 0.354 e. The smallest absolute Gasteiger partial charge is 0.252 e. The van der Waals surface area contributed by atoms with Crippen LogP contribution in [0.4, 0.5) is 8.78 Å². The highest BCUT2D eigenvalue weighted by molar-refractivity contribution is 5.97. The summed E-state index contributed by atoms with van der Waals surface area (Å²) in [4.78, 5) is 23.2. The molecule has 1 atom stereocenters. The van der Waals surface area contributed by atoms with Crippen LogP contribution in [0.25, 0.3) is 0 Å². The van der Waals surface area contributed by atoms with Gasteiger partial charge in [-0.2, -0.15) is 0 Å². The molecule has 4 nitrogen and oxygen atoms in total. The molecule has 0 unspecified atom stereocenters. The van der Waals surface area contributed by atoms with Gasteiger partial charge in [-0.25, -0.2) is 8.78 Å². The van der Waals surface area contributed by atoms with Gasteiger partial charge in [0.15, 0.2) is 0 Å². The van der Waals surface area contributed by atoms with Crippen molar-refractivity contribution in [3.05, 3.63) is 35.4 Å². The Kier molecular flexibility index (Phi) is 3.55. The van der Waals surface area contributed by atoms with E-state index in [-0.39, 0.29) is 11.5 Å². The molecule has 0 radical (unpaired) electrons. The van der Waals surface area contributed by atoms with Crippen molar-refractivity contribution in [2.75, 3.05) is 6.54 Å². The van der Waals surface area contributed by atoms with Gasteiger partial charge in [0.1, 0.15) is 17.7 Å². The summed E-state index contributed by atoms with van der Waals surface area (Å²) in [7, 11) is 0. The molecule has 1 aromatic carbocycles. The van der Waals surface area contributed by atoms with E-state index in [2.05, 4.69) is 10.6 Å². The third-order valence-corrected chi connectivity index (χ3v) is 2.72. The van der Waals surface area contributed by atoms with E-state index < -0.39 is 23.6 Å². The van der Waals surface area contributed by atoms with Crippen LogP contribution in [0, 0.1) is 11.6 Å². The highest BCUT2D eigenvalue weighted by Crippen LogP contribution is 2.09. The first-order chi connectivity index (χ1) is 8.56. The van der Waals surface area contributed by atoms with Gasteiger partial charge >= 0.3 is 0 Å². The molecule has 2 amide bonds. The number of carbonyl (C=O) groups is 2. The van der Waals surface area contributed by atoms with E-state index in [9.17, 15) is 18.4 Å². The Bertz CT molecular complexity index is 471. The fourth-order valence-corrected chi connectivity index (χ4v) is 1.84. The van der Waals surface area contributed by atoms with Gasteiger partial charge in [-0.15, -0.1) is 0 Å². The summed E-state index contributed by atoms with van der Waals surface area (Å²) in [5.74, 6) is -2.58. The minimum atomic E-state index is -0.826. The summed E-state index contributed by atoms with van der Waals surface area (Å²) in [6.07, 6.45) is 1.28. The maximum absolute atomic E-state index is 12.9. The minimum Gasteiger partial charge on any atom is -0.354 e. The number of nitrogens with one attached hydrogen (secondary N) is 2. The fraction of sp³-hybridized carbons (Fsp3) is 0.333. The lowest BCUT2D eigenvalue weighted by Crippen LogP contribution is -2.50. The molecule has 0 bridgehead atoms.